The van der Waals surface area contributed by atoms with E-state index in [9.17, 15) is 33.1 Å². The Balaban J connectivity index is 1.70. The zero-order chi connectivity index (χ0) is 25.3. The molecule has 190 valence electrons. The number of nitrogens with zero attached hydrogens (tertiary/aromatic N) is 2. The Morgan fingerprint density at radius 3 is 2.62 bits per heavy atom. The summed E-state index contributed by atoms with van der Waals surface area (Å²) in [4.78, 5) is 52.3. The molecular formula is C21H31F2N5O5S. The summed E-state index contributed by atoms with van der Waals surface area (Å²) >= 11 is 1.34. The lowest BCUT2D eigenvalue weighted by atomic mass is 9.78. The van der Waals surface area contributed by atoms with Crippen molar-refractivity contribution in [2.45, 2.75) is 50.1 Å². The van der Waals surface area contributed by atoms with E-state index in [1.807, 2.05) is 0 Å². The van der Waals surface area contributed by atoms with Gasteiger partial charge in [-0.3, -0.25) is 14.4 Å². The molecule has 3 aliphatic heterocycles. The number of carboxylic acids is 1. The molecule has 3 amide bonds. The van der Waals surface area contributed by atoms with E-state index >= 15 is 0 Å². The highest BCUT2D eigenvalue weighted by Crippen LogP contribution is 2.51. The molecule has 3 rings (SSSR count). The first kappa shape index (κ1) is 26.4. The molecule has 1 unspecified atom stereocenters. The number of fused-ring (bicyclic) bond motifs is 1. The average molecular weight is 504 g/mol. The highest BCUT2D eigenvalue weighted by Gasteiger charge is 2.60. The minimum Gasteiger partial charge on any atom is -0.477 e. The van der Waals surface area contributed by atoms with Crippen molar-refractivity contribution in [3.8, 4) is 0 Å². The molecular weight excluding hydrogens is 472 g/mol. The summed E-state index contributed by atoms with van der Waals surface area (Å²) in [5.41, 5.74) is -0.1000. The number of hydrogen-bond donors (Lipinski definition) is 4. The van der Waals surface area contributed by atoms with Crippen LogP contribution >= 0.6 is 11.8 Å². The zero-order valence-electron chi connectivity index (χ0n) is 19.5. The molecule has 6 atom stereocenters. The van der Waals surface area contributed by atoms with Gasteiger partial charge in [-0.05, 0) is 20.4 Å². The number of halogens is 2. The summed E-state index contributed by atoms with van der Waals surface area (Å²) < 4.78 is 25.3. The van der Waals surface area contributed by atoms with Crippen LogP contribution in [0.1, 0.15) is 20.3 Å². The van der Waals surface area contributed by atoms with Gasteiger partial charge in [0.2, 0.25) is 11.8 Å². The molecule has 3 aliphatic rings. The molecule has 4 N–H and O–H groups in total. The van der Waals surface area contributed by atoms with Crippen LogP contribution < -0.4 is 16.0 Å². The number of amides is 3. The van der Waals surface area contributed by atoms with Crippen molar-refractivity contribution < 1.29 is 33.1 Å². The van der Waals surface area contributed by atoms with E-state index in [0.29, 0.717) is 31.0 Å². The first-order chi connectivity index (χ1) is 16.0. The van der Waals surface area contributed by atoms with Gasteiger partial charge in [-0.2, -0.15) is 8.78 Å². The van der Waals surface area contributed by atoms with E-state index in [1.165, 1.54) is 23.6 Å². The minimum absolute atomic E-state index is 0.0343. The minimum atomic E-state index is -3.20. The smallest absolute Gasteiger partial charge is 0.353 e. The van der Waals surface area contributed by atoms with E-state index in [0.717, 1.165) is 0 Å². The SMILES string of the molecule is CNCCN(C)C(=O)[C@@H]1C[C@H](SC2=C(C(=O)O)N3C(=O)[C@H](C(C)NC(=O)C(F)F)[C@H]3[C@H]2C)CN1. The van der Waals surface area contributed by atoms with Crippen LogP contribution in [-0.2, 0) is 19.2 Å². The molecule has 0 spiro atoms. The Kier molecular flexibility index (Phi) is 8.19. The number of nitrogens with one attached hydrogen (secondary N) is 3. The summed E-state index contributed by atoms with van der Waals surface area (Å²) in [6, 6.07) is -1.77. The first-order valence-corrected chi connectivity index (χ1v) is 12.1. The van der Waals surface area contributed by atoms with E-state index in [1.54, 1.807) is 25.9 Å². The summed E-state index contributed by atoms with van der Waals surface area (Å²) in [5.74, 6) is -4.38. The third kappa shape index (κ3) is 4.91. The molecule has 3 heterocycles. The van der Waals surface area contributed by atoms with Crippen molar-refractivity contribution in [3.05, 3.63) is 10.6 Å². The lowest BCUT2D eigenvalue weighted by Crippen LogP contribution is -2.66. The van der Waals surface area contributed by atoms with E-state index < -0.39 is 42.2 Å². The number of carbonyl (C=O) groups excluding carboxylic acids is 3. The Bertz CT molecular complexity index is 888. The highest BCUT2D eigenvalue weighted by atomic mass is 32.2. The Labute approximate surface area is 200 Å². The number of alkyl halides is 2. The molecule has 2 fully saturated rings. The number of rotatable bonds is 10. The first-order valence-electron chi connectivity index (χ1n) is 11.2. The van der Waals surface area contributed by atoms with Gasteiger partial charge < -0.3 is 30.9 Å². The van der Waals surface area contributed by atoms with Crippen molar-refractivity contribution in [2.24, 2.45) is 11.8 Å². The Hall–Kier alpha value is -2.25. The predicted octanol–water partition coefficient (Wildman–Crippen LogP) is -0.329. The van der Waals surface area contributed by atoms with Gasteiger partial charge in [-0.1, -0.05) is 6.92 Å². The van der Waals surface area contributed by atoms with Crippen LogP contribution in [0.4, 0.5) is 8.78 Å². The van der Waals surface area contributed by atoms with Gasteiger partial charge in [0, 0.05) is 48.8 Å². The topological polar surface area (TPSA) is 131 Å². The average Bonchev–Trinajstić information content (AvgIpc) is 3.33. The number of thioether (sulfide) groups is 1. The van der Waals surface area contributed by atoms with Gasteiger partial charge in [0.25, 0.3) is 5.91 Å². The van der Waals surface area contributed by atoms with Crippen LogP contribution in [0.5, 0.6) is 0 Å². The molecule has 2 saturated heterocycles. The van der Waals surface area contributed by atoms with E-state index in [4.69, 9.17) is 0 Å². The number of hydrogen-bond acceptors (Lipinski definition) is 7. The van der Waals surface area contributed by atoms with Crippen LogP contribution in [0, 0.1) is 11.8 Å². The highest BCUT2D eigenvalue weighted by molar-refractivity contribution is 8.03. The number of likely N-dealkylation sites (N-methyl/N-ethyl adjacent to an activating group) is 2. The van der Waals surface area contributed by atoms with Crippen LogP contribution in [0.2, 0.25) is 0 Å². The number of β-lactam (4-membered cyclic amide) rings is 1. The predicted molar refractivity (Wildman–Crippen MR) is 121 cm³/mol. The van der Waals surface area contributed by atoms with Crippen molar-refractivity contribution in [1.29, 1.82) is 0 Å². The molecule has 0 saturated carbocycles. The molecule has 0 aromatic carbocycles. The lowest BCUT2D eigenvalue weighted by Gasteiger charge is -2.47. The molecule has 0 radical (unpaired) electrons. The van der Waals surface area contributed by atoms with Crippen molar-refractivity contribution >= 4 is 35.5 Å². The number of carboxylic acid groups (broad SMARTS) is 1. The molecule has 0 aliphatic carbocycles. The normalized spacial score (nSPS) is 29.2. The van der Waals surface area contributed by atoms with Gasteiger partial charge in [0.1, 0.15) is 5.70 Å². The zero-order valence-corrected chi connectivity index (χ0v) is 20.3. The van der Waals surface area contributed by atoms with Gasteiger partial charge in [0.15, 0.2) is 0 Å². The fraction of sp³-hybridized carbons (Fsp3) is 0.714. The maximum absolute atomic E-state index is 12.8. The monoisotopic (exact) mass is 503 g/mol. The largest absolute Gasteiger partial charge is 0.477 e. The molecule has 13 heteroatoms. The standard InChI is InChI=1S/C21H31F2N5O5S/c1-9-14-13(10(2)26-18(29)17(22)23)20(31)28(14)15(21(32)33)16(9)34-11-7-12(25-8-11)19(30)27(4)6-5-24-3/h9-14,17,24-25H,5-8H2,1-4H3,(H,26,29)(H,32,33)/t9-,10?,11+,12+,13-,14-/m1/s1. The molecule has 0 aromatic rings. The second kappa shape index (κ2) is 10.6. The van der Waals surface area contributed by atoms with Crippen LogP contribution in [0.25, 0.3) is 0 Å². The molecule has 0 bridgehead atoms. The van der Waals surface area contributed by atoms with Gasteiger partial charge in [-0.25, -0.2) is 4.79 Å². The molecule has 34 heavy (non-hydrogen) atoms. The second-order valence-electron chi connectivity index (χ2n) is 8.93. The van der Waals surface area contributed by atoms with Crippen LogP contribution in [-0.4, -0.2) is 102 Å². The van der Waals surface area contributed by atoms with Gasteiger partial charge in [-0.15, -0.1) is 11.8 Å². The fourth-order valence-electron chi connectivity index (χ4n) is 4.89. The maximum Gasteiger partial charge on any atom is 0.353 e. The Morgan fingerprint density at radius 2 is 2.03 bits per heavy atom. The fourth-order valence-corrected chi connectivity index (χ4v) is 6.37. The third-order valence-electron chi connectivity index (χ3n) is 6.65. The van der Waals surface area contributed by atoms with Crippen LogP contribution in [0.15, 0.2) is 10.6 Å². The van der Waals surface area contributed by atoms with E-state index in [-0.39, 0.29) is 28.8 Å². The number of aliphatic carboxylic acids is 1. The summed E-state index contributed by atoms with van der Waals surface area (Å²) in [5, 5.41) is 18.1. The number of carbonyl (C=O) groups is 4. The molecule has 0 aromatic heterocycles. The van der Waals surface area contributed by atoms with Gasteiger partial charge in [0.05, 0.1) is 18.0 Å². The van der Waals surface area contributed by atoms with Crippen molar-refractivity contribution in [2.75, 3.05) is 33.7 Å². The van der Waals surface area contributed by atoms with E-state index in [2.05, 4.69) is 16.0 Å². The maximum atomic E-state index is 12.8. The van der Waals surface area contributed by atoms with Crippen molar-refractivity contribution in [3.63, 3.8) is 0 Å². The van der Waals surface area contributed by atoms with Gasteiger partial charge >= 0.3 is 12.4 Å². The summed E-state index contributed by atoms with van der Waals surface area (Å²) in [6.45, 7) is 5.01. The Morgan fingerprint density at radius 1 is 1.35 bits per heavy atom. The molecule has 10 nitrogen and oxygen atoms in total. The van der Waals surface area contributed by atoms with Crippen molar-refractivity contribution in [1.82, 2.24) is 25.8 Å². The summed E-state index contributed by atoms with van der Waals surface area (Å²) in [7, 11) is 3.54. The lowest BCUT2D eigenvalue weighted by molar-refractivity contribution is -0.159. The summed E-state index contributed by atoms with van der Waals surface area (Å²) in [6.07, 6.45) is -2.68. The third-order valence-corrected chi connectivity index (χ3v) is 8.17. The quantitative estimate of drug-likeness (QED) is 0.298. The second-order valence-corrected chi connectivity index (χ2v) is 10.3. The van der Waals surface area contributed by atoms with Crippen LogP contribution in [0.3, 0.4) is 0 Å².